The zero-order valence-electron chi connectivity index (χ0n) is 10.3. The van der Waals surface area contributed by atoms with Gasteiger partial charge in [0.25, 0.3) is 0 Å². The minimum Gasteiger partial charge on any atom is -0.496 e. The number of hydrogen-bond acceptors (Lipinski definition) is 3. The summed E-state index contributed by atoms with van der Waals surface area (Å²) in [7, 11) is 3.00. The summed E-state index contributed by atoms with van der Waals surface area (Å²) < 4.78 is 23.6. The first-order valence-corrected chi connectivity index (χ1v) is 5.77. The fourth-order valence-electron chi connectivity index (χ4n) is 1.91. The summed E-state index contributed by atoms with van der Waals surface area (Å²) in [4.78, 5) is 0. The average molecular weight is 239 g/mol. The number of nitrogens with two attached hydrogens (primary N) is 1. The number of benzene rings is 1. The van der Waals surface area contributed by atoms with E-state index in [2.05, 4.69) is 0 Å². The maximum atomic E-state index is 13.5. The van der Waals surface area contributed by atoms with Crippen molar-refractivity contribution >= 4 is 0 Å². The Morgan fingerprint density at radius 3 is 2.41 bits per heavy atom. The first-order chi connectivity index (χ1) is 8.08. The van der Waals surface area contributed by atoms with Crippen molar-refractivity contribution in [1.29, 1.82) is 0 Å². The van der Waals surface area contributed by atoms with Crippen molar-refractivity contribution in [2.24, 2.45) is 5.73 Å². The molecule has 0 atom stereocenters. The summed E-state index contributed by atoms with van der Waals surface area (Å²) in [5.41, 5.74) is 6.98. The molecule has 0 aliphatic heterocycles. The predicted octanol–water partition coefficient (Wildman–Crippen LogP) is 2.27. The second kappa shape index (κ2) is 4.53. The predicted molar refractivity (Wildman–Crippen MR) is 64.0 cm³/mol. The van der Waals surface area contributed by atoms with Crippen LogP contribution < -0.4 is 15.2 Å². The molecular formula is C13H18FNO2. The fraction of sp³-hybridized carbons (Fsp3) is 0.538. The summed E-state index contributed by atoms with van der Waals surface area (Å²) >= 11 is 0. The van der Waals surface area contributed by atoms with Gasteiger partial charge in [-0.15, -0.1) is 0 Å². The number of rotatable bonds is 5. The molecule has 1 aromatic rings. The monoisotopic (exact) mass is 239 g/mol. The van der Waals surface area contributed by atoms with Gasteiger partial charge in [-0.25, -0.2) is 4.39 Å². The van der Waals surface area contributed by atoms with Crippen LogP contribution in [0.25, 0.3) is 0 Å². The van der Waals surface area contributed by atoms with Crippen molar-refractivity contribution in [1.82, 2.24) is 0 Å². The third kappa shape index (κ3) is 2.69. The molecule has 3 nitrogen and oxygen atoms in total. The molecule has 1 aliphatic carbocycles. The molecule has 0 spiro atoms. The zero-order valence-corrected chi connectivity index (χ0v) is 10.3. The molecule has 94 valence electrons. The molecule has 0 aromatic heterocycles. The standard InChI is InChI=1S/C13H18FNO2/c1-16-11-8-10(14)12(17-2)7-9(11)3-4-13(15)5-6-13/h7-8H,3-6,15H2,1-2H3. The van der Waals surface area contributed by atoms with Gasteiger partial charge in [-0.1, -0.05) is 0 Å². The van der Waals surface area contributed by atoms with Crippen LogP contribution in [0, 0.1) is 5.82 Å². The summed E-state index contributed by atoms with van der Waals surface area (Å²) in [5.74, 6) is 0.414. The van der Waals surface area contributed by atoms with Crippen LogP contribution in [-0.4, -0.2) is 19.8 Å². The van der Waals surface area contributed by atoms with E-state index in [9.17, 15) is 4.39 Å². The Hall–Kier alpha value is -1.29. The molecule has 17 heavy (non-hydrogen) atoms. The summed E-state index contributed by atoms with van der Waals surface area (Å²) in [6.45, 7) is 0. The van der Waals surface area contributed by atoms with Crippen LogP contribution in [0.1, 0.15) is 24.8 Å². The van der Waals surface area contributed by atoms with Crippen LogP contribution in [-0.2, 0) is 6.42 Å². The van der Waals surface area contributed by atoms with Gasteiger partial charge in [-0.2, -0.15) is 0 Å². The van der Waals surface area contributed by atoms with Crippen LogP contribution in [0.3, 0.4) is 0 Å². The lowest BCUT2D eigenvalue weighted by atomic mass is 10.0. The molecule has 0 saturated heterocycles. The Balaban J connectivity index is 2.17. The molecule has 4 heteroatoms. The van der Waals surface area contributed by atoms with E-state index in [0.717, 1.165) is 31.2 Å². The smallest absolute Gasteiger partial charge is 0.168 e. The maximum Gasteiger partial charge on any atom is 0.168 e. The third-order valence-corrected chi connectivity index (χ3v) is 3.34. The average Bonchev–Trinajstić information content (AvgIpc) is 3.05. The van der Waals surface area contributed by atoms with Crippen LogP contribution >= 0.6 is 0 Å². The normalized spacial score (nSPS) is 16.7. The number of halogens is 1. The molecule has 0 heterocycles. The highest BCUT2D eigenvalue weighted by Crippen LogP contribution is 2.38. The number of aryl methyl sites for hydroxylation is 1. The Kier molecular flexibility index (Phi) is 3.24. The van der Waals surface area contributed by atoms with Crippen molar-refractivity contribution in [2.75, 3.05) is 14.2 Å². The lowest BCUT2D eigenvalue weighted by molar-refractivity contribution is 0.373. The maximum absolute atomic E-state index is 13.5. The largest absolute Gasteiger partial charge is 0.496 e. The molecule has 1 saturated carbocycles. The van der Waals surface area contributed by atoms with Gasteiger partial charge in [0.2, 0.25) is 0 Å². The lowest BCUT2D eigenvalue weighted by Crippen LogP contribution is -2.22. The zero-order chi connectivity index (χ0) is 12.5. The van der Waals surface area contributed by atoms with E-state index in [4.69, 9.17) is 15.2 Å². The van der Waals surface area contributed by atoms with E-state index in [-0.39, 0.29) is 11.3 Å². The van der Waals surface area contributed by atoms with Gasteiger partial charge >= 0.3 is 0 Å². The molecular weight excluding hydrogens is 221 g/mol. The molecule has 0 amide bonds. The highest BCUT2D eigenvalue weighted by atomic mass is 19.1. The quantitative estimate of drug-likeness (QED) is 0.857. The topological polar surface area (TPSA) is 44.5 Å². The van der Waals surface area contributed by atoms with Crippen LogP contribution in [0.2, 0.25) is 0 Å². The highest BCUT2D eigenvalue weighted by molar-refractivity contribution is 5.41. The van der Waals surface area contributed by atoms with Crippen molar-refractivity contribution in [2.45, 2.75) is 31.2 Å². The van der Waals surface area contributed by atoms with Crippen molar-refractivity contribution in [3.8, 4) is 11.5 Å². The summed E-state index contributed by atoms with van der Waals surface area (Å²) in [6.07, 6.45) is 3.84. The minimum absolute atomic E-state index is 0.00731. The highest BCUT2D eigenvalue weighted by Gasteiger charge is 2.37. The van der Waals surface area contributed by atoms with Crippen molar-refractivity contribution in [3.63, 3.8) is 0 Å². The first kappa shape index (κ1) is 12.2. The van der Waals surface area contributed by atoms with Crippen molar-refractivity contribution in [3.05, 3.63) is 23.5 Å². The molecule has 0 unspecified atom stereocenters. The van der Waals surface area contributed by atoms with Crippen molar-refractivity contribution < 1.29 is 13.9 Å². The van der Waals surface area contributed by atoms with Gasteiger partial charge < -0.3 is 15.2 Å². The second-order valence-corrected chi connectivity index (χ2v) is 4.66. The first-order valence-electron chi connectivity index (χ1n) is 5.77. The van der Waals surface area contributed by atoms with Gasteiger partial charge in [0.05, 0.1) is 14.2 Å². The molecule has 1 aromatic carbocycles. The molecule has 1 aliphatic rings. The van der Waals surface area contributed by atoms with E-state index in [1.54, 1.807) is 13.2 Å². The molecule has 0 bridgehead atoms. The number of methoxy groups -OCH3 is 2. The van der Waals surface area contributed by atoms with E-state index in [0.29, 0.717) is 5.75 Å². The Labute approximate surface area is 101 Å². The summed E-state index contributed by atoms with van der Waals surface area (Å²) in [6, 6.07) is 3.06. The molecule has 2 N–H and O–H groups in total. The summed E-state index contributed by atoms with van der Waals surface area (Å²) in [5, 5.41) is 0. The van der Waals surface area contributed by atoms with Gasteiger partial charge in [0.15, 0.2) is 11.6 Å². The number of ether oxygens (including phenoxy) is 2. The van der Waals surface area contributed by atoms with E-state index >= 15 is 0 Å². The van der Waals surface area contributed by atoms with Crippen LogP contribution in [0.4, 0.5) is 4.39 Å². The lowest BCUT2D eigenvalue weighted by Gasteiger charge is -2.13. The third-order valence-electron chi connectivity index (χ3n) is 3.34. The van der Waals surface area contributed by atoms with Gasteiger partial charge in [0.1, 0.15) is 5.75 Å². The van der Waals surface area contributed by atoms with E-state index < -0.39 is 5.82 Å². The molecule has 2 rings (SSSR count). The minimum atomic E-state index is -0.401. The molecule has 0 radical (unpaired) electrons. The fourth-order valence-corrected chi connectivity index (χ4v) is 1.91. The van der Waals surface area contributed by atoms with Gasteiger partial charge in [-0.05, 0) is 37.3 Å². The van der Waals surface area contributed by atoms with Gasteiger partial charge in [0, 0.05) is 11.6 Å². The van der Waals surface area contributed by atoms with Crippen LogP contribution in [0.5, 0.6) is 11.5 Å². The van der Waals surface area contributed by atoms with E-state index in [1.807, 2.05) is 0 Å². The van der Waals surface area contributed by atoms with Crippen LogP contribution in [0.15, 0.2) is 12.1 Å². The Morgan fingerprint density at radius 2 is 1.88 bits per heavy atom. The molecule has 1 fully saturated rings. The number of hydrogen-bond donors (Lipinski definition) is 1. The Morgan fingerprint density at radius 1 is 1.24 bits per heavy atom. The second-order valence-electron chi connectivity index (χ2n) is 4.66. The SMILES string of the molecule is COc1cc(CCC2(N)CC2)c(OC)cc1F. The van der Waals surface area contributed by atoms with Gasteiger partial charge in [-0.3, -0.25) is 0 Å². The Bertz CT molecular complexity index is 416. The van der Waals surface area contributed by atoms with E-state index in [1.165, 1.54) is 13.2 Å².